The fraction of sp³-hybridized carbons (Fsp3) is 0.857. The Hall–Kier alpha value is -0.860. The van der Waals surface area contributed by atoms with Crippen LogP contribution in [0.2, 0.25) is 0 Å². The number of carbonyl (C=O) groups excluding carboxylic acids is 2. The minimum absolute atomic E-state index is 0.163. The maximum absolute atomic E-state index is 11.9. The van der Waals surface area contributed by atoms with Gasteiger partial charge in [-0.15, -0.1) is 0 Å². The number of esters is 1. The van der Waals surface area contributed by atoms with Crippen LogP contribution in [0.15, 0.2) is 0 Å². The van der Waals surface area contributed by atoms with Gasteiger partial charge in [-0.1, -0.05) is 27.7 Å². The van der Waals surface area contributed by atoms with Crippen LogP contribution in [0.3, 0.4) is 0 Å². The summed E-state index contributed by atoms with van der Waals surface area (Å²) in [7, 11) is 0. The lowest BCUT2D eigenvalue weighted by atomic mass is 9.83. The molecule has 0 rings (SSSR count). The minimum Gasteiger partial charge on any atom is -0.465 e. The molecule has 17 heavy (non-hydrogen) atoms. The highest BCUT2D eigenvalue weighted by atomic mass is 16.5. The lowest BCUT2D eigenvalue weighted by Gasteiger charge is -2.22. The molecule has 0 saturated carbocycles. The molecule has 3 nitrogen and oxygen atoms in total. The zero-order valence-corrected chi connectivity index (χ0v) is 11.6. The first-order valence-corrected chi connectivity index (χ1v) is 6.81. The van der Waals surface area contributed by atoms with Gasteiger partial charge >= 0.3 is 5.97 Å². The van der Waals surface area contributed by atoms with Crippen LogP contribution in [0.25, 0.3) is 0 Å². The maximum Gasteiger partial charge on any atom is 0.309 e. The molecule has 0 bridgehead atoms. The molecule has 2 unspecified atom stereocenters. The highest BCUT2D eigenvalue weighted by Crippen LogP contribution is 2.23. The average molecular weight is 242 g/mol. The van der Waals surface area contributed by atoms with Crippen LogP contribution in [0, 0.1) is 11.8 Å². The molecule has 100 valence electrons. The molecule has 3 heteroatoms. The molecule has 0 fully saturated rings. The summed E-state index contributed by atoms with van der Waals surface area (Å²) in [5.41, 5.74) is 0. The van der Waals surface area contributed by atoms with E-state index < -0.39 is 0 Å². The van der Waals surface area contributed by atoms with E-state index in [-0.39, 0.29) is 23.6 Å². The Labute approximate surface area is 105 Å². The molecular formula is C14H26O3. The van der Waals surface area contributed by atoms with Crippen molar-refractivity contribution in [2.75, 3.05) is 6.61 Å². The third-order valence-electron chi connectivity index (χ3n) is 3.03. The zero-order valence-electron chi connectivity index (χ0n) is 11.6. The lowest BCUT2D eigenvalue weighted by Crippen LogP contribution is -2.30. The van der Waals surface area contributed by atoms with Crippen molar-refractivity contribution in [3.8, 4) is 0 Å². The highest BCUT2D eigenvalue weighted by molar-refractivity contribution is 5.86. The Morgan fingerprint density at radius 2 is 1.53 bits per heavy atom. The van der Waals surface area contributed by atoms with E-state index in [1.807, 2.05) is 27.7 Å². The molecule has 2 atom stereocenters. The summed E-state index contributed by atoms with van der Waals surface area (Å²) in [6, 6.07) is 0. The highest BCUT2D eigenvalue weighted by Gasteiger charge is 2.31. The quantitative estimate of drug-likeness (QED) is 0.582. The van der Waals surface area contributed by atoms with Gasteiger partial charge in [0.15, 0.2) is 0 Å². The van der Waals surface area contributed by atoms with Crippen molar-refractivity contribution in [1.82, 2.24) is 0 Å². The largest absolute Gasteiger partial charge is 0.465 e. The number of hydrogen-bond donors (Lipinski definition) is 0. The Kier molecular flexibility index (Phi) is 8.73. The minimum atomic E-state index is -0.259. The van der Waals surface area contributed by atoms with Crippen molar-refractivity contribution >= 4 is 11.8 Å². The molecule has 0 aliphatic rings. The second-order valence-corrected chi connectivity index (χ2v) is 4.41. The average Bonchev–Trinajstić information content (AvgIpc) is 2.32. The Morgan fingerprint density at radius 1 is 0.941 bits per heavy atom. The van der Waals surface area contributed by atoms with Gasteiger partial charge in [0.25, 0.3) is 0 Å². The number of ketones is 1. The Morgan fingerprint density at radius 3 is 1.94 bits per heavy atom. The molecule has 0 aromatic heterocycles. The van der Waals surface area contributed by atoms with Gasteiger partial charge in [-0.25, -0.2) is 0 Å². The number of carbonyl (C=O) groups is 2. The van der Waals surface area contributed by atoms with Crippen molar-refractivity contribution in [3.05, 3.63) is 0 Å². The van der Waals surface area contributed by atoms with Gasteiger partial charge in [0.2, 0.25) is 0 Å². The topological polar surface area (TPSA) is 43.4 Å². The summed E-state index contributed by atoms with van der Waals surface area (Å²) in [4.78, 5) is 23.8. The van der Waals surface area contributed by atoms with Crippen molar-refractivity contribution in [3.63, 3.8) is 0 Å². The van der Waals surface area contributed by atoms with Crippen LogP contribution in [-0.2, 0) is 14.3 Å². The molecular weight excluding hydrogens is 216 g/mol. The van der Waals surface area contributed by atoms with E-state index in [4.69, 9.17) is 4.74 Å². The summed E-state index contributed by atoms with van der Waals surface area (Å²) in [6.45, 7) is 8.32. The summed E-state index contributed by atoms with van der Waals surface area (Å²) >= 11 is 0. The van der Waals surface area contributed by atoms with Crippen LogP contribution >= 0.6 is 0 Å². The Balaban J connectivity index is 4.57. The maximum atomic E-state index is 11.9. The summed E-state index contributed by atoms with van der Waals surface area (Å²) in [5.74, 6) is -0.421. The zero-order chi connectivity index (χ0) is 13.3. The molecule has 0 aliphatic heterocycles. The fourth-order valence-electron chi connectivity index (χ4n) is 2.09. The lowest BCUT2D eigenvalue weighted by molar-refractivity contribution is -0.153. The van der Waals surface area contributed by atoms with Crippen LogP contribution < -0.4 is 0 Å². The molecule has 0 N–H and O–H groups in total. The molecule has 0 aromatic rings. The van der Waals surface area contributed by atoms with Crippen LogP contribution in [0.5, 0.6) is 0 Å². The van der Waals surface area contributed by atoms with E-state index >= 15 is 0 Å². The predicted octanol–water partition coefficient (Wildman–Crippen LogP) is 3.36. The number of rotatable bonds is 9. The molecule has 0 spiro atoms. The van der Waals surface area contributed by atoms with Crippen molar-refractivity contribution in [2.45, 2.75) is 59.8 Å². The van der Waals surface area contributed by atoms with E-state index in [1.165, 1.54) is 0 Å². The predicted molar refractivity (Wildman–Crippen MR) is 68.7 cm³/mol. The van der Waals surface area contributed by atoms with Crippen LogP contribution in [0.1, 0.15) is 59.8 Å². The molecule has 0 saturated heterocycles. The van der Waals surface area contributed by atoms with Crippen molar-refractivity contribution in [2.24, 2.45) is 11.8 Å². The summed E-state index contributed by atoms with van der Waals surface area (Å²) < 4.78 is 5.16. The molecule has 0 aliphatic carbocycles. The van der Waals surface area contributed by atoms with Gasteiger partial charge in [-0.3, -0.25) is 9.59 Å². The van der Waals surface area contributed by atoms with E-state index in [0.29, 0.717) is 19.4 Å². The standard InChI is InChI=1S/C14H26O3/c1-5-9-13(15)11(7-3)12(8-4)14(16)17-10-6-2/h11-12H,5-10H2,1-4H3. The van der Waals surface area contributed by atoms with Crippen LogP contribution in [0.4, 0.5) is 0 Å². The van der Waals surface area contributed by atoms with Gasteiger partial charge in [0.1, 0.15) is 5.78 Å². The SMILES string of the molecule is CCCOC(=O)C(CC)C(CC)C(=O)CCC. The monoisotopic (exact) mass is 242 g/mol. The second kappa shape index (κ2) is 9.20. The smallest absolute Gasteiger partial charge is 0.309 e. The number of Topliss-reactive ketones (excluding diaryl/α,β-unsaturated/α-hetero) is 1. The number of ether oxygens (including phenoxy) is 1. The molecule has 0 radical (unpaired) electrons. The summed E-state index contributed by atoms with van der Waals surface area (Å²) in [6.07, 6.45) is 3.63. The third kappa shape index (κ3) is 5.33. The third-order valence-corrected chi connectivity index (χ3v) is 3.03. The van der Waals surface area contributed by atoms with Gasteiger partial charge in [-0.05, 0) is 25.7 Å². The first-order chi connectivity index (χ1) is 8.12. The van der Waals surface area contributed by atoms with E-state index in [0.717, 1.165) is 19.3 Å². The first-order valence-electron chi connectivity index (χ1n) is 6.81. The van der Waals surface area contributed by atoms with Gasteiger partial charge in [0, 0.05) is 12.3 Å². The van der Waals surface area contributed by atoms with Crippen molar-refractivity contribution < 1.29 is 14.3 Å². The van der Waals surface area contributed by atoms with Gasteiger partial charge < -0.3 is 4.74 Å². The van der Waals surface area contributed by atoms with Crippen LogP contribution in [-0.4, -0.2) is 18.4 Å². The van der Waals surface area contributed by atoms with Gasteiger partial charge in [0.05, 0.1) is 12.5 Å². The van der Waals surface area contributed by atoms with Gasteiger partial charge in [-0.2, -0.15) is 0 Å². The summed E-state index contributed by atoms with van der Waals surface area (Å²) in [5, 5.41) is 0. The molecule has 0 amide bonds. The van der Waals surface area contributed by atoms with E-state index in [9.17, 15) is 9.59 Å². The molecule has 0 aromatic carbocycles. The van der Waals surface area contributed by atoms with Crippen molar-refractivity contribution in [1.29, 1.82) is 0 Å². The van der Waals surface area contributed by atoms with E-state index in [1.54, 1.807) is 0 Å². The number of hydrogen-bond acceptors (Lipinski definition) is 3. The first kappa shape index (κ1) is 16.1. The Bertz CT molecular complexity index is 236. The molecule has 0 heterocycles. The normalized spacial score (nSPS) is 14.1. The van der Waals surface area contributed by atoms with E-state index in [2.05, 4.69) is 0 Å². The second-order valence-electron chi connectivity index (χ2n) is 4.41. The fourth-order valence-corrected chi connectivity index (χ4v) is 2.09.